The fourth-order valence-electron chi connectivity index (χ4n) is 3.27. The van der Waals surface area contributed by atoms with Crippen LogP contribution in [-0.4, -0.2) is 86.6 Å². The van der Waals surface area contributed by atoms with Crippen molar-refractivity contribution in [2.24, 2.45) is 0 Å². The van der Waals surface area contributed by atoms with E-state index in [0.29, 0.717) is 12.8 Å². The molecule has 0 fully saturated rings. The Morgan fingerprint density at radius 3 is 1.71 bits per heavy atom. The van der Waals surface area contributed by atoms with Gasteiger partial charge in [0.25, 0.3) is 0 Å². The molecule has 18 nitrogen and oxygen atoms in total. The molecule has 0 spiro atoms. The summed E-state index contributed by atoms with van der Waals surface area (Å²) in [6, 6.07) is 11.2. The summed E-state index contributed by atoms with van der Waals surface area (Å²) < 4.78 is 10.2. The predicted octanol–water partition coefficient (Wildman–Crippen LogP) is 1.43. The predicted molar refractivity (Wildman–Crippen MR) is 138 cm³/mol. The van der Waals surface area contributed by atoms with Crippen LogP contribution < -0.4 is 25.4 Å². The van der Waals surface area contributed by atoms with Crippen molar-refractivity contribution < 1.29 is 59.5 Å². The van der Waals surface area contributed by atoms with E-state index < -0.39 is 29.6 Å². The van der Waals surface area contributed by atoms with Crippen molar-refractivity contribution >= 4 is 24.1 Å². The van der Waals surface area contributed by atoms with Crippen molar-refractivity contribution in [1.29, 1.82) is 5.41 Å². The SMILES string of the molecule is N=C(NCCCC(NC(=O)Oc1ccc(CCON(O)O)cc1)C(=O)O)NC(=O)Oc1ccc(CCON(O)O)cc1. The van der Waals surface area contributed by atoms with Crippen LogP contribution in [0.3, 0.4) is 0 Å². The second-order valence-corrected chi connectivity index (χ2v) is 8.34. The van der Waals surface area contributed by atoms with Crippen LogP contribution in [0, 0.1) is 5.41 Å². The van der Waals surface area contributed by atoms with Gasteiger partial charge < -0.3 is 25.2 Å². The fraction of sp³-hybridized carbons (Fsp3) is 0.333. The summed E-state index contributed by atoms with van der Waals surface area (Å²) in [5.74, 6) is -1.32. The van der Waals surface area contributed by atoms with Gasteiger partial charge in [0.1, 0.15) is 17.5 Å². The molecule has 2 amide bonds. The Hall–Kier alpha value is -4.40. The van der Waals surface area contributed by atoms with Gasteiger partial charge in [0.2, 0.25) is 0 Å². The molecular weight excluding hydrogens is 564 g/mol. The molecule has 1 atom stereocenters. The molecule has 0 aliphatic rings. The van der Waals surface area contributed by atoms with E-state index in [-0.39, 0.29) is 55.4 Å². The van der Waals surface area contributed by atoms with Crippen LogP contribution in [0.25, 0.3) is 0 Å². The topological polar surface area (TPSA) is 256 Å². The first kappa shape index (κ1) is 33.8. The number of hydrogen-bond acceptors (Lipinski definition) is 14. The molecule has 0 aromatic heterocycles. The van der Waals surface area contributed by atoms with Gasteiger partial charge in [0, 0.05) is 6.54 Å². The Bertz CT molecular complexity index is 1150. The average molecular weight is 597 g/mol. The molecule has 0 saturated carbocycles. The van der Waals surface area contributed by atoms with Crippen molar-refractivity contribution in [2.45, 2.75) is 31.7 Å². The Morgan fingerprint density at radius 2 is 1.26 bits per heavy atom. The number of carboxylic acid groups (broad SMARTS) is 1. The normalized spacial score (nSPS) is 11.6. The first-order valence-corrected chi connectivity index (χ1v) is 12.3. The highest BCUT2D eigenvalue weighted by Gasteiger charge is 2.21. The minimum absolute atomic E-state index is 0.00553. The summed E-state index contributed by atoms with van der Waals surface area (Å²) in [7, 11) is 0. The Kier molecular flexibility index (Phi) is 14.6. The third kappa shape index (κ3) is 14.3. The number of benzene rings is 2. The van der Waals surface area contributed by atoms with Gasteiger partial charge in [-0.2, -0.15) is 0 Å². The van der Waals surface area contributed by atoms with Crippen LogP contribution in [0.15, 0.2) is 48.5 Å². The number of carbonyl (C=O) groups excluding carboxylic acids is 2. The highest BCUT2D eigenvalue weighted by atomic mass is 17.1. The Morgan fingerprint density at radius 1 is 0.786 bits per heavy atom. The zero-order valence-corrected chi connectivity index (χ0v) is 22.1. The van der Waals surface area contributed by atoms with Gasteiger partial charge in [0.15, 0.2) is 5.96 Å². The first-order valence-electron chi connectivity index (χ1n) is 12.3. The molecule has 9 N–H and O–H groups in total. The van der Waals surface area contributed by atoms with Gasteiger partial charge in [-0.25, -0.2) is 14.4 Å². The molecule has 0 heterocycles. The van der Waals surface area contributed by atoms with E-state index >= 15 is 0 Å². The largest absolute Gasteiger partial charge is 0.480 e. The van der Waals surface area contributed by atoms with Gasteiger partial charge in [-0.15, -0.1) is 0 Å². The quantitative estimate of drug-likeness (QED) is 0.0575. The number of nitrogens with one attached hydrogen (secondary N) is 4. The number of aliphatic carboxylic acids is 1. The van der Waals surface area contributed by atoms with Crippen molar-refractivity contribution in [3.63, 3.8) is 0 Å². The van der Waals surface area contributed by atoms with Crippen molar-refractivity contribution in [2.75, 3.05) is 19.8 Å². The minimum atomic E-state index is -1.29. The van der Waals surface area contributed by atoms with Crippen molar-refractivity contribution in [1.82, 2.24) is 26.7 Å². The van der Waals surface area contributed by atoms with Gasteiger partial charge in [-0.05, 0) is 61.1 Å². The smallest absolute Gasteiger partial charge is 0.419 e. The highest BCUT2D eigenvalue weighted by molar-refractivity contribution is 5.92. The number of guanidine groups is 1. The van der Waals surface area contributed by atoms with Crippen LogP contribution in [-0.2, 0) is 27.3 Å². The van der Waals surface area contributed by atoms with E-state index in [9.17, 15) is 19.5 Å². The molecule has 1 unspecified atom stereocenters. The second-order valence-electron chi connectivity index (χ2n) is 8.34. The molecule has 0 radical (unpaired) electrons. The maximum absolute atomic E-state index is 12.1. The van der Waals surface area contributed by atoms with E-state index in [1.807, 2.05) is 0 Å². The van der Waals surface area contributed by atoms with Crippen LogP contribution in [0.1, 0.15) is 24.0 Å². The summed E-state index contributed by atoms with van der Waals surface area (Å²) in [4.78, 5) is 44.6. The van der Waals surface area contributed by atoms with E-state index in [0.717, 1.165) is 11.1 Å². The van der Waals surface area contributed by atoms with Gasteiger partial charge in [-0.3, -0.25) is 41.2 Å². The fourth-order valence-corrected chi connectivity index (χ4v) is 3.27. The molecule has 0 aliphatic heterocycles. The zero-order chi connectivity index (χ0) is 30.9. The minimum Gasteiger partial charge on any atom is -0.480 e. The molecule has 230 valence electrons. The summed E-state index contributed by atoms with van der Waals surface area (Å²) in [5.41, 5.74) is 1.53. The lowest BCUT2D eigenvalue weighted by Gasteiger charge is -2.15. The summed E-state index contributed by atoms with van der Waals surface area (Å²) in [6.45, 7) is 0.106. The highest BCUT2D eigenvalue weighted by Crippen LogP contribution is 2.14. The van der Waals surface area contributed by atoms with Crippen LogP contribution in [0.2, 0.25) is 0 Å². The molecule has 2 aromatic carbocycles. The third-order valence-corrected chi connectivity index (χ3v) is 5.25. The standard InChI is InChI=1S/C24H32N6O12/c25-22(28-24(34)42-19-9-5-17(6-10-19)12-15-40-30(37)38)26-13-1-2-20(21(31)32)27-23(33)41-18-7-3-16(4-8-18)11-14-39-29(35)36/h3-10,20,35-38H,1-2,11-15H2,(H,27,33)(H,31,32)(H3,25,26,28,34). The Labute approximate surface area is 238 Å². The first-order chi connectivity index (χ1) is 20.0. The summed E-state index contributed by atoms with van der Waals surface area (Å²) >= 11 is 0. The third-order valence-electron chi connectivity index (χ3n) is 5.25. The second kappa shape index (κ2) is 18.1. The number of carboxylic acids is 1. The van der Waals surface area contributed by atoms with Gasteiger partial charge in [-0.1, -0.05) is 24.3 Å². The van der Waals surface area contributed by atoms with E-state index in [2.05, 4.69) is 25.6 Å². The van der Waals surface area contributed by atoms with Gasteiger partial charge >= 0.3 is 18.2 Å². The van der Waals surface area contributed by atoms with Crippen LogP contribution >= 0.6 is 0 Å². The number of nitrogens with zero attached hydrogens (tertiary/aromatic N) is 2. The monoisotopic (exact) mass is 596 g/mol. The molecule has 2 aromatic rings. The summed E-state index contributed by atoms with van der Waals surface area (Å²) in [5, 5.41) is 57.4. The molecular formula is C24H32N6O12. The lowest BCUT2D eigenvalue weighted by atomic mass is 10.1. The maximum atomic E-state index is 12.1. The maximum Gasteiger partial charge on any atom is 0.419 e. The molecule has 0 saturated heterocycles. The zero-order valence-electron chi connectivity index (χ0n) is 22.1. The lowest BCUT2D eigenvalue weighted by molar-refractivity contribution is -0.492. The van der Waals surface area contributed by atoms with Crippen LogP contribution in [0.4, 0.5) is 9.59 Å². The Balaban J connectivity index is 1.67. The number of rotatable bonds is 16. The summed E-state index contributed by atoms with van der Waals surface area (Å²) in [6.07, 6.45) is -1.01. The van der Waals surface area contributed by atoms with Crippen LogP contribution in [0.5, 0.6) is 11.5 Å². The van der Waals surface area contributed by atoms with E-state index in [4.69, 9.17) is 35.7 Å². The average Bonchev–Trinajstić information content (AvgIpc) is 2.91. The molecule has 42 heavy (non-hydrogen) atoms. The molecule has 18 heteroatoms. The lowest BCUT2D eigenvalue weighted by Crippen LogP contribution is -2.44. The number of hydrogen-bond donors (Lipinski definition) is 9. The van der Waals surface area contributed by atoms with E-state index in [1.54, 1.807) is 24.3 Å². The van der Waals surface area contributed by atoms with Gasteiger partial charge in [0.05, 0.1) is 24.0 Å². The number of carbonyl (C=O) groups is 3. The molecule has 0 bridgehead atoms. The van der Waals surface area contributed by atoms with Crippen molar-refractivity contribution in [3.8, 4) is 11.5 Å². The van der Waals surface area contributed by atoms with E-state index in [1.165, 1.54) is 24.3 Å². The number of ether oxygens (including phenoxy) is 2. The van der Waals surface area contributed by atoms with Crippen molar-refractivity contribution in [3.05, 3.63) is 59.7 Å². The molecule has 0 aliphatic carbocycles. The molecule has 2 rings (SSSR count). The number of amides is 2.